The maximum Gasteiger partial charge on any atom is 0.408 e. The molecule has 270 valence electrons. The number of halogens is 1. The molecule has 4 aliphatic rings. The molecular weight excluding hydrogens is 742 g/mol. The molecule has 1 aromatic carbocycles. The second kappa shape index (κ2) is 14.4. The number of carbonyl (C=O) groups is 4. The SMILES string of the molecule is CC(C)(C)OC(=O)N[C@H]1CCCCC/C=C\[C@H]2C[C@@]2(C(=O)NS(=O)(=O)C2CC2)CC(=O)[C@@H]2C[C@H](OS(=O)(=O)c3ccc(Br)cc3)CN2C1=O. The summed E-state index contributed by atoms with van der Waals surface area (Å²) in [6.45, 7) is 4.80. The summed E-state index contributed by atoms with van der Waals surface area (Å²) in [5.41, 5.74) is -2.17. The van der Waals surface area contributed by atoms with Gasteiger partial charge in [0.1, 0.15) is 11.6 Å². The Bertz CT molecular complexity index is 1700. The Morgan fingerprint density at radius 1 is 1.00 bits per heavy atom. The van der Waals surface area contributed by atoms with Crippen LogP contribution in [0.2, 0.25) is 0 Å². The predicted molar refractivity (Wildman–Crippen MR) is 182 cm³/mol. The molecule has 0 radical (unpaired) electrons. The van der Waals surface area contributed by atoms with Gasteiger partial charge in [0.2, 0.25) is 21.8 Å². The molecule has 13 nitrogen and oxygen atoms in total. The van der Waals surface area contributed by atoms with E-state index in [1.807, 2.05) is 12.2 Å². The molecule has 0 spiro atoms. The number of nitrogens with zero attached hydrogens (tertiary/aromatic N) is 1. The highest BCUT2D eigenvalue weighted by Gasteiger charge is 2.61. The van der Waals surface area contributed by atoms with Gasteiger partial charge in [0.15, 0.2) is 5.78 Å². The van der Waals surface area contributed by atoms with Crippen LogP contribution in [-0.4, -0.2) is 81.0 Å². The number of amides is 3. The molecule has 0 aromatic heterocycles. The summed E-state index contributed by atoms with van der Waals surface area (Å²) in [5, 5.41) is 2.01. The molecule has 3 fully saturated rings. The first-order valence-electron chi connectivity index (χ1n) is 16.6. The Balaban J connectivity index is 1.45. The van der Waals surface area contributed by atoms with Crippen molar-refractivity contribution in [3.63, 3.8) is 0 Å². The molecule has 1 aromatic rings. The van der Waals surface area contributed by atoms with E-state index in [1.165, 1.54) is 17.0 Å². The molecule has 2 aliphatic heterocycles. The van der Waals surface area contributed by atoms with Gasteiger partial charge in [-0.05, 0) is 89.5 Å². The van der Waals surface area contributed by atoms with E-state index in [9.17, 15) is 36.0 Å². The van der Waals surface area contributed by atoms with Crippen molar-refractivity contribution in [3.05, 3.63) is 40.9 Å². The van der Waals surface area contributed by atoms with Gasteiger partial charge < -0.3 is 15.0 Å². The average molecular weight is 787 g/mol. The molecule has 2 N–H and O–H groups in total. The first-order valence-corrected chi connectivity index (χ1v) is 20.4. The maximum absolute atomic E-state index is 14.2. The predicted octanol–water partition coefficient (Wildman–Crippen LogP) is 4.11. The Morgan fingerprint density at radius 3 is 2.35 bits per heavy atom. The van der Waals surface area contributed by atoms with Crippen LogP contribution in [0.4, 0.5) is 4.79 Å². The summed E-state index contributed by atoms with van der Waals surface area (Å²) in [7, 11) is -8.19. The van der Waals surface area contributed by atoms with Gasteiger partial charge in [-0.1, -0.05) is 40.9 Å². The van der Waals surface area contributed by atoms with Crippen molar-refractivity contribution >= 4 is 59.8 Å². The Labute approximate surface area is 296 Å². The third kappa shape index (κ3) is 9.30. The smallest absolute Gasteiger partial charge is 0.408 e. The van der Waals surface area contributed by atoms with Crippen LogP contribution in [0, 0.1) is 11.3 Å². The Morgan fingerprint density at radius 2 is 1.69 bits per heavy atom. The number of benzene rings is 1. The minimum absolute atomic E-state index is 0.109. The molecule has 2 aliphatic carbocycles. The lowest BCUT2D eigenvalue weighted by molar-refractivity contribution is -0.140. The number of carbonyl (C=O) groups excluding carboxylic acids is 4. The highest BCUT2D eigenvalue weighted by Crippen LogP contribution is 2.57. The zero-order chi connectivity index (χ0) is 35.8. The van der Waals surface area contributed by atoms with Gasteiger partial charge in [0.05, 0.1) is 27.7 Å². The Hall–Kier alpha value is -2.82. The summed E-state index contributed by atoms with van der Waals surface area (Å²) >= 11 is 3.27. The van der Waals surface area contributed by atoms with Gasteiger partial charge >= 0.3 is 6.09 Å². The molecule has 16 heteroatoms. The van der Waals surface area contributed by atoms with Crippen LogP contribution in [0.5, 0.6) is 0 Å². The molecule has 3 amide bonds. The third-order valence-corrected chi connectivity index (χ3v) is 13.0. The molecule has 5 atom stereocenters. The van der Waals surface area contributed by atoms with Gasteiger partial charge in [0, 0.05) is 23.9 Å². The Kier molecular flexibility index (Phi) is 11.0. The first-order chi connectivity index (χ1) is 22.9. The molecule has 5 rings (SSSR count). The first kappa shape index (κ1) is 37.4. The van der Waals surface area contributed by atoms with Crippen molar-refractivity contribution in [3.8, 4) is 0 Å². The molecule has 2 heterocycles. The number of nitrogens with one attached hydrogen (secondary N) is 2. The van der Waals surface area contributed by atoms with Crippen LogP contribution >= 0.6 is 15.9 Å². The van der Waals surface area contributed by atoms with E-state index in [-0.39, 0.29) is 43.0 Å². The minimum atomic E-state index is -4.30. The fourth-order valence-corrected chi connectivity index (χ4v) is 9.19. The number of ether oxygens (including phenoxy) is 1. The molecular formula is C33H44BrN3O10S2. The fourth-order valence-electron chi connectivity index (χ4n) is 6.46. The zero-order valence-electron chi connectivity index (χ0n) is 27.9. The normalized spacial score (nSPS) is 29.1. The van der Waals surface area contributed by atoms with Crippen molar-refractivity contribution in [2.75, 3.05) is 6.54 Å². The molecule has 0 unspecified atom stereocenters. The fraction of sp³-hybridized carbons (Fsp3) is 0.636. The lowest BCUT2D eigenvalue weighted by Gasteiger charge is -2.30. The van der Waals surface area contributed by atoms with E-state index >= 15 is 0 Å². The quantitative estimate of drug-likeness (QED) is 0.302. The van der Waals surface area contributed by atoms with E-state index in [1.54, 1.807) is 32.9 Å². The van der Waals surface area contributed by atoms with Gasteiger partial charge in [-0.15, -0.1) is 0 Å². The second-order valence-electron chi connectivity index (χ2n) is 14.4. The molecule has 1 saturated heterocycles. The van der Waals surface area contributed by atoms with E-state index in [4.69, 9.17) is 8.92 Å². The second-order valence-corrected chi connectivity index (χ2v) is 18.9. The number of Topliss-reactive ketones (excluding diaryl/α,β-unsaturated/α-hetero) is 1. The van der Waals surface area contributed by atoms with Crippen molar-refractivity contribution in [2.24, 2.45) is 11.3 Å². The maximum atomic E-state index is 14.2. The monoisotopic (exact) mass is 785 g/mol. The number of hydrogen-bond acceptors (Lipinski definition) is 10. The standard InChI is InChI=1S/C33H44BrN3O10S2/c1-32(2,3)46-31(41)35-26-10-8-6-4-5-7-9-21-18-33(21,30(40)36-48(42,43)24-15-16-24)19-28(38)27-17-23(20-37(27)29(26)39)47-49(44,45)25-13-11-22(34)12-14-25/h7,9,11-14,21,23-24,26-27H,4-6,8,10,15-20H2,1-3H3,(H,35,41)(H,36,40)/b9-7-/t21-,23-,26-,27-,33+/m0/s1. The van der Waals surface area contributed by atoms with E-state index in [2.05, 4.69) is 26.0 Å². The summed E-state index contributed by atoms with van der Waals surface area (Å²) in [5.74, 6) is -2.27. The number of rotatable bonds is 7. The summed E-state index contributed by atoms with van der Waals surface area (Å²) in [6, 6.07) is 3.54. The number of allylic oxidation sites excluding steroid dienone is 2. The number of sulfonamides is 1. The van der Waals surface area contributed by atoms with Gasteiger partial charge in [-0.3, -0.25) is 23.3 Å². The van der Waals surface area contributed by atoms with Crippen molar-refractivity contribution in [2.45, 2.75) is 119 Å². The number of alkyl carbamates (subject to hydrolysis) is 1. The molecule has 0 bridgehead atoms. The van der Waals surface area contributed by atoms with E-state index in [0.29, 0.717) is 30.2 Å². The molecule has 2 saturated carbocycles. The largest absolute Gasteiger partial charge is 0.444 e. The number of fused-ring (bicyclic) bond motifs is 2. The number of hydrogen-bond donors (Lipinski definition) is 2. The van der Waals surface area contributed by atoms with Crippen LogP contribution in [0.1, 0.15) is 85.0 Å². The van der Waals surface area contributed by atoms with Crippen molar-refractivity contribution in [1.82, 2.24) is 14.9 Å². The lowest BCUT2D eigenvalue weighted by atomic mass is 9.91. The van der Waals surface area contributed by atoms with Gasteiger partial charge in [0.25, 0.3) is 10.1 Å². The van der Waals surface area contributed by atoms with Crippen LogP contribution in [-0.2, 0) is 43.4 Å². The molecule has 49 heavy (non-hydrogen) atoms. The van der Waals surface area contributed by atoms with Crippen LogP contribution < -0.4 is 10.0 Å². The highest BCUT2D eigenvalue weighted by molar-refractivity contribution is 9.10. The van der Waals surface area contributed by atoms with Crippen molar-refractivity contribution < 1.29 is 44.9 Å². The van der Waals surface area contributed by atoms with E-state index in [0.717, 1.165) is 12.8 Å². The lowest BCUT2D eigenvalue weighted by Crippen LogP contribution is -2.53. The van der Waals surface area contributed by atoms with Crippen LogP contribution in [0.3, 0.4) is 0 Å². The van der Waals surface area contributed by atoms with Crippen molar-refractivity contribution in [1.29, 1.82) is 0 Å². The zero-order valence-corrected chi connectivity index (χ0v) is 31.1. The summed E-state index contributed by atoms with van der Waals surface area (Å²) in [6.07, 6.45) is 5.48. The minimum Gasteiger partial charge on any atom is -0.444 e. The van der Waals surface area contributed by atoms with Crippen LogP contribution in [0.15, 0.2) is 45.8 Å². The topological polar surface area (TPSA) is 182 Å². The highest BCUT2D eigenvalue weighted by atomic mass is 79.9. The summed E-state index contributed by atoms with van der Waals surface area (Å²) < 4.78 is 65.8. The van der Waals surface area contributed by atoms with Gasteiger partial charge in [-0.25, -0.2) is 13.2 Å². The summed E-state index contributed by atoms with van der Waals surface area (Å²) in [4.78, 5) is 56.0. The average Bonchev–Trinajstić information content (AvgIpc) is 3.92. The van der Waals surface area contributed by atoms with E-state index < -0.39 is 78.3 Å². The van der Waals surface area contributed by atoms with Crippen LogP contribution in [0.25, 0.3) is 0 Å². The van der Waals surface area contributed by atoms with Gasteiger partial charge in [-0.2, -0.15) is 8.42 Å². The number of ketones is 1. The third-order valence-electron chi connectivity index (χ3n) is 9.28.